The van der Waals surface area contributed by atoms with Crippen molar-refractivity contribution in [2.45, 2.75) is 58.4 Å². The summed E-state index contributed by atoms with van der Waals surface area (Å²) in [5, 5.41) is 5.71. The van der Waals surface area contributed by atoms with Crippen molar-refractivity contribution in [2.75, 3.05) is 10.6 Å². The summed E-state index contributed by atoms with van der Waals surface area (Å²) < 4.78 is 0. The Labute approximate surface area is 176 Å². The van der Waals surface area contributed by atoms with Gasteiger partial charge in [-0.1, -0.05) is 44.4 Å². The Morgan fingerprint density at radius 1 is 1.00 bits per heavy atom. The highest BCUT2D eigenvalue weighted by Gasteiger charge is 2.40. The van der Waals surface area contributed by atoms with Crippen LogP contribution in [0.2, 0.25) is 0 Å². The standard InChI is InChI=1S/C24H27N3O3/c1-3-16-9-7-8-15(2)21(16)26-24(30)25-17-12-13-19-20(14-17)23(29)27(22(19)28)18-10-5-4-6-11-18/h7-9,12-14,18H,3-6,10-11H2,1-2H3,(H2,25,26,30). The molecule has 4 amide bonds. The van der Waals surface area contributed by atoms with E-state index in [-0.39, 0.29) is 23.9 Å². The summed E-state index contributed by atoms with van der Waals surface area (Å²) in [7, 11) is 0. The molecule has 1 aliphatic heterocycles. The normalized spacial score (nSPS) is 16.5. The molecule has 1 saturated carbocycles. The first-order valence-electron chi connectivity index (χ1n) is 10.7. The van der Waals surface area contributed by atoms with Gasteiger partial charge in [0.25, 0.3) is 11.8 Å². The predicted octanol–water partition coefficient (Wildman–Crippen LogP) is 5.13. The van der Waals surface area contributed by atoms with Gasteiger partial charge in [-0.2, -0.15) is 0 Å². The number of anilines is 2. The van der Waals surface area contributed by atoms with Gasteiger partial charge in [0.15, 0.2) is 0 Å². The van der Waals surface area contributed by atoms with Crippen molar-refractivity contribution >= 4 is 29.2 Å². The largest absolute Gasteiger partial charge is 0.323 e. The molecule has 2 N–H and O–H groups in total. The van der Waals surface area contributed by atoms with Crippen molar-refractivity contribution in [1.82, 2.24) is 4.90 Å². The fourth-order valence-corrected chi connectivity index (χ4v) is 4.49. The fraction of sp³-hybridized carbons (Fsp3) is 0.375. The second kappa shape index (κ2) is 8.30. The molecule has 4 rings (SSSR count). The maximum atomic E-state index is 12.9. The highest BCUT2D eigenvalue weighted by molar-refractivity contribution is 6.22. The van der Waals surface area contributed by atoms with E-state index in [2.05, 4.69) is 10.6 Å². The second-order valence-corrected chi connectivity index (χ2v) is 8.07. The lowest BCUT2D eigenvalue weighted by Gasteiger charge is -2.29. The van der Waals surface area contributed by atoms with Gasteiger partial charge in [-0.15, -0.1) is 0 Å². The molecule has 2 aliphatic rings. The molecule has 30 heavy (non-hydrogen) atoms. The summed E-state index contributed by atoms with van der Waals surface area (Å²) in [4.78, 5) is 39.7. The minimum atomic E-state index is -0.375. The first-order valence-corrected chi connectivity index (χ1v) is 10.7. The first kappa shape index (κ1) is 20.1. The van der Waals surface area contributed by atoms with E-state index < -0.39 is 0 Å². The molecule has 1 fully saturated rings. The van der Waals surface area contributed by atoms with Crippen molar-refractivity contribution in [3.05, 3.63) is 58.7 Å². The molecule has 0 atom stereocenters. The zero-order valence-electron chi connectivity index (χ0n) is 17.5. The fourth-order valence-electron chi connectivity index (χ4n) is 4.49. The Bertz CT molecular complexity index is 1010. The Balaban J connectivity index is 1.51. The van der Waals surface area contributed by atoms with Crippen LogP contribution in [0.3, 0.4) is 0 Å². The summed E-state index contributed by atoms with van der Waals surface area (Å²) in [6.45, 7) is 3.99. The van der Waals surface area contributed by atoms with E-state index in [9.17, 15) is 14.4 Å². The summed E-state index contributed by atoms with van der Waals surface area (Å²) in [5.41, 5.74) is 4.13. The van der Waals surface area contributed by atoms with Crippen molar-refractivity contribution in [1.29, 1.82) is 0 Å². The second-order valence-electron chi connectivity index (χ2n) is 8.07. The van der Waals surface area contributed by atoms with E-state index >= 15 is 0 Å². The van der Waals surface area contributed by atoms with Gasteiger partial charge >= 0.3 is 6.03 Å². The molecule has 2 aromatic rings. The summed E-state index contributed by atoms with van der Waals surface area (Å²) in [5.74, 6) is -0.469. The van der Waals surface area contributed by atoms with E-state index in [1.807, 2.05) is 32.0 Å². The number of amides is 4. The number of fused-ring (bicyclic) bond motifs is 1. The number of urea groups is 1. The Morgan fingerprint density at radius 3 is 2.47 bits per heavy atom. The number of rotatable bonds is 4. The third kappa shape index (κ3) is 3.70. The lowest BCUT2D eigenvalue weighted by Crippen LogP contribution is -2.40. The van der Waals surface area contributed by atoms with Crippen LogP contribution in [0.25, 0.3) is 0 Å². The van der Waals surface area contributed by atoms with E-state index in [0.29, 0.717) is 16.8 Å². The summed E-state index contributed by atoms with van der Waals surface area (Å²) >= 11 is 0. The number of hydrogen-bond donors (Lipinski definition) is 2. The van der Waals surface area contributed by atoms with Gasteiger partial charge in [-0.3, -0.25) is 14.5 Å². The van der Waals surface area contributed by atoms with E-state index in [0.717, 1.165) is 55.3 Å². The molecular weight excluding hydrogens is 378 g/mol. The molecule has 0 aromatic heterocycles. The lowest BCUT2D eigenvalue weighted by atomic mass is 9.94. The van der Waals surface area contributed by atoms with E-state index in [1.165, 1.54) is 4.90 Å². The number of carbonyl (C=O) groups excluding carboxylic acids is 3. The van der Waals surface area contributed by atoms with Crippen molar-refractivity contribution in [3.8, 4) is 0 Å². The number of imide groups is 1. The molecule has 6 heteroatoms. The Morgan fingerprint density at radius 2 is 1.73 bits per heavy atom. The van der Waals surface area contributed by atoms with Gasteiger partial charge in [-0.05, 0) is 55.5 Å². The molecule has 0 spiro atoms. The third-order valence-corrected chi connectivity index (χ3v) is 6.09. The molecule has 1 aliphatic carbocycles. The van der Waals surface area contributed by atoms with Crippen molar-refractivity contribution < 1.29 is 14.4 Å². The topological polar surface area (TPSA) is 78.5 Å². The van der Waals surface area contributed by atoms with Gasteiger partial charge in [0, 0.05) is 17.4 Å². The Hall–Kier alpha value is -3.15. The summed E-state index contributed by atoms with van der Waals surface area (Å²) in [6.07, 6.45) is 5.80. The lowest BCUT2D eigenvalue weighted by molar-refractivity contribution is 0.0549. The number of nitrogens with one attached hydrogen (secondary N) is 2. The molecule has 0 radical (unpaired) electrons. The monoisotopic (exact) mass is 405 g/mol. The summed E-state index contributed by atoms with van der Waals surface area (Å²) in [6, 6.07) is 10.4. The highest BCUT2D eigenvalue weighted by atomic mass is 16.2. The Kier molecular flexibility index (Phi) is 5.57. The average molecular weight is 405 g/mol. The van der Waals surface area contributed by atoms with Crippen LogP contribution < -0.4 is 10.6 Å². The van der Waals surface area contributed by atoms with Crippen molar-refractivity contribution in [3.63, 3.8) is 0 Å². The molecule has 2 aromatic carbocycles. The number of nitrogens with zero attached hydrogens (tertiary/aromatic N) is 1. The maximum absolute atomic E-state index is 12.9. The van der Waals surface area contributed by atoms with Crippen LogP contribution in [-0.2, 0) is 6.42 Å². The van der Waals surface area contributed by atoms with Gasteiger partial charge < -0.3 is 10.6 Å². The van der Waals surface area contributed by atoms with Crippen LogP contribution >= 0.6 is 0 Å². The molecule has 6 nitrogen and oxygen atoms in total. The van der Waals surface area contributed by atoms with E-state index in [4.69, 9.17) is 0 Å². The van der Waals surface area contributed by atoms with Gasteiger partial charge in [0.2, 0.25) is 0 Å². The van der Waals surface area contributed by atoms with Gasteiger partial charge in [-0.25, -0.2) is 4.79 Å². The van der Waals surface area contributed by atoms with Crippen LogP contribution in [0.5, 0.6) is 0 Å². The van der Waals surface area contributed by atoms with E-state index in [1.54, 1.807) is 18.2 Å². The smallest absolute Gasteiger partial charge is 0.308 e. The predicted molar refractivity (Wildman–Crippen MR) is 117 cm³/mol. The molecular formula is C24H27N3O3. The molecule has 156 valence electrons. The SMILES string of the molecule is CCc1cccc(C)c1NC(=O)Nc1ccc2c(c1)C(=O)N(C1CCCCC1)C2=O. The van der Waals surface area contributed by atoms with Crippen LogP contribution in [0.4, 0.5) is 16.2 Å². The first-order chi connectivity index (χ1) is 14.5. The van der Waals surface area contributed by atoms with Crippen molar-refractivity contribution in [2.24, 2.45) is 0 Å². The van der Waals surface area contributed by atoms with Crippen LogP contribution in [0, 0.1) is 6.92 Å². The minimum absolute atomic E-state index is 0.0145. The van der Waals surface area contributed by atoms with Crippen LogP contribution in [0.15, 0.2) is 36.4 Å². The minimum Gasteiger partial charge on any atom is -0.308 e. The molecule has 0 unspecified atom stereocenters. The maximum Gasteiger partial charge on any atom is 0.323 e. The zero-order chi connectivity index (χ0) is 21.3. The number of para-hydroxylation sites is 1. The molecule has 1 heterocycles. The number of benzene rings is 2. The average Bonchev–Trinajstić information content (AvgIpc) is 3.00. The molecule has 0 bridgehead atoms. The quantitative estimate of drug-likeness (QED) is 0.692. The highest BCUT2D eigenvalue weighted by Crippen LogP contribution is 2.32. The van der Waals surface area contributed by atoms with Crippen LogP contribution in [-0.4, -0.2) is 28.8 Å². The number of hydrogen-bond acceptors (Lipinski definition) is 3. The number of carbonyl (C=O) groups is 3. The zero-order valence-corrected chi connectivity index (χ0v) is 17.5. The molecule has 0 saturated heterocycles. The van der Waals surface area contributed by atoms with Gasteiger partial charge in [0.1, 0.15) is 0 Å². The third-order valence-electron chi connectivity index (χ3n) is 6.09. The van der Waals surface area contributed by atoms with Gasteiger partial charge in [0.05, 0.1) is 11.1 Å². The number of aryl methyl sites for hydroxylation is 2. The van der Waals surface area contributed by atoms with Crippen LogP contribution in [0.1, 0.15) is 70.9 Å².